The van der Waals surface area contributed by atoms with Crippen molar-refractivity contribution < 1.29 is 0 Å². The highest BCUT2D eigenvalue weighted by molar-refractivity contribution is 7.99. The molecule has 0 radical (unpaired) electrons. The summed E-state index contributed by atoms with van der Waals surface area (Å²) in [5.41, 5.74) is 2.57. The van der Waals surface area contributed by atoms with Gasteiger partial charge in [-0.15, -0.1) is 11.8 Å². The van der Waals surface area contributed by atoms with Crippen molar-refractivity contribution in [2.24, 2.45) is 0 Å². The van der Waals surface area contributed by atoms with Gasteiger partial charge in [0.25, 0.3) is 0 Å². The molecule has 0 spiro atoms. The molecule has 1 N–H and O–H groups in total. The fraction of sp³-hybridized carbons (Fsp3) is 0.250. The summed E-state index contributed by atoms with van der Waals surface area (Å²) in [6.45, 7) is 2.17. The van der Waals surface area contributed by atoms with Crippen molar-refractivity contribution >= 4 is 23.4 Å². The number of benzene rings is 2. The lowest BCUT2D eigenvalue weighted by molar-refractivity contribution is 0.501. The number of halogens is 1. The zero-order valence-corrected chi connectivity index (χ0v) is 12.3. The molecule has 0 aromatic heterocycles. The summed E-state index contributed by atoms with van der Waals surface area (Å²) in [4.78, 5) is 1.39. The molecule has 0 fully saturated rings. The van der Waals surface area contributed by atoms with Crippen molar-refractivity contribution in [3.63, 3.8) is 0 Å². The van der Waals surface area contributed by atoms with Crippen LogP contribution in [0.1, 0.15) is 30.1 Å². The molecule has 2 aromatic rings. The third-order valence-electron chi connectivity index (χ3n) is 3.52. The molecule has 1 heterocycles. The smallest absolute Gasteiger partial charge is 0.0453 e. The van der Waals surface area contributed by atoms with E-state index in [2.05, 4.69) is 42.6 Å². The summed E-state index contributed by atoms with van der Waals surface area (Å²) in [5.74, 6) is 1.09. The molecule has 0 amide bonds. The van der Waals surface area contributed by atoms with Crippen LogP contribution in [0.3, 0.4) is 0 Å². The van der Waals surface area contributed by atoms with Gasteiger partial charge < -0.3 is 5.32 Å². The molecule has 1 aliphatic heterocycles. The molecule has 3 rings (SSSR count). The lowest BCUT2D eigenvalue weighted by atomic mass is 10.0. The van der Waals surface area contributed by atoms with Crippen molar-refractivity contribution in [2.45, 2.75) is 23.9 Å². The third-order valence-corrected chi connectivity index (χ3v) is 5.05. The van der Waals surface area contributed by atoms with Crippen molar-refractivity contribution in [1.82, 2.24) is 5.32 Å². The fourth-order valence-electron chi connectivity index (χ4n) is 2.52. The molecule has 2 aromatic carbocycles. The summed E-state index contributed by atoms with van der Waals surface area (Å²) in [6.07, 6.45) is 0. The minimum atomic E-state index is 0.255. The van der Waals surface area contributed by atoms with Crippen LogP contribution in [0.5, 0.6) is 0 Å². The van der Waals surface area contributed by atoms with Gasteiger partial charge in [-0.25, -0.2) is 0 Å². The Morgan fingerprint density at radius 1 is 1.16 bits per heavy atom. The minimum absolute atomic E-state index is 0.255. The average molecular weight is 290 g/mol. The first-order chi connectivity index (χ1) is 9.25. The van der Waals surface area contributed by atoms with Crippen molar-refractivity contribution in [1.29, 1.82) is 0 Å². The first-order valence-corrected chi connectivity index (χ1v) is 7.84. The molecular formula is C16H16ClNS. The van der Waals surface area contributed by atoms with Gasteiger partial charge in [-0.3, -0.25) is 0 Å². The first-order valence-electron chi connectivity index (χ1n) is 6.48. The molecule has 1 unspecified atom stereocenters. The molecule has 98 valence electrons. The van der Waals surface area contributed by atoms with Crippen molar-refractivity contribution in [3.8, 4) is 0 Å². The molecule has 0 bridgehead atoms. The monoisotopic (exact) mass is 289 g/mol. The second-order valence-electron chi connectivity index (χ2n) is 4.81. The van der Waals surface area contributed by atoms with E-state index in [1.54, 1.807) is 0 Å². The molecule has 1 aliphatic rings. The van der Waals surface area contributed by atoms with Gasteiger partial charge >= 0.3 is 0 Å². The number of fused-ring (bicyclic) bond motifs is 1. The summed E-state index contributed by atoms with van der Waals surface area (Å²) < 4.78 is 0. The van der Waals surface area contributed by atoms with E-state index in [-0.39, 0.29) is 6.04 Å². The lowest BCUT2D eigenvalue weighted by Crippen LogP contribution is -2.24. The van der Waals surface area contributed by atoms with E-state index in [9.17, 15) is 0 Å². The lowest BCUT2D eigenvalue weighted by Gasteiger charge is -2.21. The zero-order valence-electron chi connectivity index (χ0n) is 10.8. The van der Waals surface area contributed by atoms with E-state index in [4.69, 9.17) is 11.6 Å². The Labute approximate surface area is 123 Å². The highest BCUT2D eigenvalue weighted by atomic mass is 35.5. The topological polar surface area (TPSA) is 12.0 Å². The molecule has 0 saturated carbocycles. The fourth-order valence-corrected chi connectivity index (χ4v) is 3.99. The van der Waals surface area contributed by atoms with Crippen LogP contribution in [0.4, 0.5) is 0 Å². The number of hydrogen-bond acceptors (Lipinski definition) is 2. The minimum Gasteiger partial charge on any atom is -0.302 e. The van der Waals surface area contributed by atoms with Crippen LogP contribution in [0.15, 0.2) is 53.4 Å². The molecule has 19 heavy (non-hydrogen) atoms. The normalized spacial score (nSPS) is 19.2. The van der Waals surface area contributed by atoms with E-state index in [0.717, 1.165) is 10.8 Å². The van der Waals surface area contributed by atoms with Crippen LogP contribution >= 0.6 is 23.4 Å². The van der Waals surface area contributed by atoms with Crippen molar-refractivity contribution in [2.75, 3.05) is 5.75 Å². The van der Waals surface area contributed by atoms with Gasteiger partial charge in [0.05, 0.1) is 0 Å². The summed E-state index contributed by atoms with van der Waals surface area (Å²) in [7, 11) is 0. The van der Waals surface area contributed by atoms with Crippen LogP contribution < -0.4 is 5.32 Å². The second-order valence-corrected chi connectivity index (χ2v) is 6.28. The van der Waals surface area contributed by atoms with Gasteiger partial charge in [0, 0.05) is 27.8 Å². The number of hydrogen-bond donors (Lipinski definition) is 1. The van der Waals surface area contributed by atoms with E-state index in [1.807, 2.05) is 30.0 Å². The Hall–Kier alpha value is -0.960. The first kappa shape index (κ1) is 13.0. The number of rotatable bonds is 3. The molecule has 1 nitrogen and oxygen atoms in total. The van der Waals surface area contributed by atoms with Crippen LogP contribution in [-0.2, 0) is 0 Å². The van der Waals surface area contributed by atoms with Gasteiger partial charge in [0.2, 0.25) is 0 Å². The van der Waals surface area contributed by atoms with E-state index in [0.29, 0.717) is 6.04 Å². The van der Waals surface area contributed by atoms with Crippen LogP contribution in [-0.4, -0.2) is 5.75 Å². The Morgan fingerprint density at radius 3 is 2.74 bits per heavy atom. The highest BCUT2D eigenvalue weighted by Gasteiger charge is 2.24. The van der Waals surface area contributed by atoms with Gasteiger partial charge in [0.1, 0.15) is 0 Å². The summed E-state index contributed by atoms with van der Waals surface area (Å²) in [5, 5.41) is 4.52. The molecular weight excluding hydrogens is 274 g/mol. The summed E-state index contributed by atoms with van der Waals surface area (Å²) >= 11 is 8.18. The average Bonchev–Trinajstić information content (AvgIpc) is 2.83. The second kappa shape index (κ2) is 5.58. The van der Waals surface area contributed by atoms with E-state index < -0.39 is 0 Å². The SMILES string of the molecule is C[C@@H](NC1CSc2ccccc21)c1ccccc1Cl. The summed E-state index contributed by atoms with van der Waals surface area (Å²) in [6, 6.07) is 17.3. The van der Waals surface area contributed by atoms with Gasteiger partial charge in [-0.2, -0.15) is 0 Å². The van der Waals surface area contributed by atoms with Crippen LogP contribution in [0.2, 0.25) is 5.02 Å². The Kier molecular flexibility index (Phi) is 3.83. The Morgan fingerprint density at radius 2 is 1.89 bits per heavy atom. The third kappa shape index (κ3) is 2.66. The highest BCUT2D eigenvalue weighted by Crippen LogP contribution is 2.39. The van der Waals surface area contributed by atoms with E-state index >= 15 is 0 Å². The molecule has 3 heteroatoms. The number of nitrogens with one attached hydrogen (secondary N) is 1. The predicted molar refractivity (Wildman–Crippen MR) is 82.9 cm³/mol. The quantitative estimate of drug-likeness (QED) is 0.868. The standard InChI is InChI=1S/C16H16ClNS/c1-11(12-6-2-4-8-14(12)17)18-15-10-19-16-9-5-3-7-13(15)16/h2-9,11,15,18H,10H2,1H3/t11-,15?/m1/s1. The molecule has 0 saturated heterocycles. The Bertz CT molecular complexity index is 584. The predicted octanol–water partition coefficient (Wildman–Crippen LogP) is 4.84. The Balaban J connectivity index is 1.78. The molecule has 2 atom stereocenters. The van der Waals surface area contributed by atoms with Crippen LogP contribution in [0, 0.1) is 0 Å². The van der Waals surface area contributed by atoms with Gasteiger partial charge in [0.15, 0.2) is 0 Å². The van der Waals surface area contributed by atoms with Crippen molar-refractivity contribution in [3.05, 3.63) is 64.7 Å². The van der Waals surface area contributed by atoms with Gasteiger partial charge in [-0.05, 0) is 30.2 Å². The van der Waals surface area contributed by atoms with Crippen LogP contribution in [0.25, 0.3) is 0 Å². The zero-order chi connectivity index (χ0) is 13.2. The van der Waals surface area contributed by atoms with E-state index in [1.165, 1.54) is 16.0 Å². The molecule has 0 aliphatic carbocycles. The maximum absolute atomic E-state index is 6.26. The largest absolute Gasteiger partial charge is 0.302 e. The van der Waals surface area contributed by atoms with Gasteiger partial charge in [-0.1, -0.05) is 48.0 Å². The number of thioether (sulfide) groups is 1. The maximum Gasteiger partial charge on any atom is 0.0453 e. The maximum atomic E-state index is 6.26.